The van der Waals surface area contributed by atoms with Crippen LogP contribution in [-0.2, 0) is 5.75 Å². The first kappa shape index (κ1) is 12.4. The lowest BCUT2D eigenvalue weighted by Crippen LogP contribution is -2.12. The second-order valence-corrected chi connectivity index (χ2v) is 4.48. The van der Waals surface area contributed by atoms with Crippen molar-refractivity contribution in [3.63, 3.8) is 0 Å². The maximum atomic E-state index is 8.54. The van der Waals surface area contributed by atoms with Crippen molar-refractivity contribution < 1.29 is 9.62 Å². The molecule has 18 heavy (non-hydrogen) atoms. The number of hydrogen-bond donors (Lipinski definition) is 2. The number of benzene rings is 1. The van der Waals surface area contributed by atoms with Crippen molar-refractivity contribution in [1.82, 2.24) is 10.2 Å². The van der Waals surface area contributed by atoms with Gasteiger partial charge in [-0.2, -0.15) is 0 Å². The lowest BCUT2D eigenvalue weighted by Gasteiger charge is -2.01. The van der Waals surface area contributed by atoms with E-state index >= 15 is 0 Å². The van der Waals surface area contributed by atoms with Gasteiger partial charge in [-0.3, -0.25) is 0 Å². The molecule has 0 aliphatic rings. The zero-order valence-corrected chi connectivity index (χ0v) is 10.5. The van der Waals surface area contributed by atoms with Gasteiger partial charge in [0.1, 0.15) is 0 Å². The minimum atomic E-state index is 0.0988. The molecule has 0 atom stereocenters. The molecule has 0 saturated heterocycles. The van der Waals surface area contributed by atoms with Gasteiger partial charge in [0, 0.05) is 18.2 Å². The van der Waals surface area contributed by atoms with Crippen LogP contribution in [0.3, 0.4) is 0 Å². The number of amidine groups is 1. The Morgan fingerprint density at radius 2 is 2.11 bits per heavy atom. The molecule has 6 nitrogen and oxygen atoms in total. The number of nitrogens with zero attached hydrogens (tertiary/aromatic N) is 3. The van der Waals surface area contributed by atoms with Gasteiger partial charge in [-0.1, -0.05) is 41.2 Å². The summed E-state index contributed by atoms with van der Waals surface area (Å²) in [5, 5.41) is 19.7. The zero-order chi connectivity index (χ0) is 13.0. The molecule has 2 rings (SSSR count). The van der Waals surface area contributed by atoms with Crippen LogP contribution in [0.25, 0.3) is 0 Å². The average molecular weight is 264 g/mol. The van der Waals surface area contributed by atoms with E-state index in [4.69, 9.17) is 15.4 Å². The zero-order valence-electron chi connectivity index (χ0n) is 9.70. The number of thioether (sulfide) groups is 1. The largest absolute Gasteiger partial charge is 0.416 e. The van der Waals surface area contributed by atoms with Crippen LogP contribution in [-0.4, -0.2) is 21.2 Å². The molecule has 0 amide bonds. The van der Waals surface area contributed by atoms with Gasteiger partial charge in [0.05, 0.1) is 0 Å². The van der Waals surface area contributed by atoms with E-state index < -0.39 is 0 Å². The second-order valence-electron chi connectivity index (χ2n) is 3.56. The summed E-state index contributed by atoms with van der Waals surface area (Å²) in [7, 11) is 0. The van der Waals surface area contributed by atoms with Crippen molar-refractivity contribution in [3.8, 4) is 0 Å². The Kier molecular flexibility index (Phi) is 3.83. The Labute approximate surface area is 108 Å². The molecule has 1 aromatic carbocycles. The van der Waals surface area contributed by atoms with Gasteiger partial charge in [0.2, 0.25) is 5.89 Å². The number of aromatic nitrogens is 2. The third-order valence-corrected chi connectivity index (χ3v) is 3.12. The van der Waals surface area contributed by atoms with Crippen molar-refractivity contribution in [2.75, 3.05) is 0 Å². The Morgan fingerprint density at radius 3 is 2.67 bits per heavy atom. The number of rotatable bonds is 4. The predicted molar refractivity (Wildman–Crippen MR) is 67.5 cm³/mol. The first-order valence-corrected chi connectivity index (χ1v) is 6.17. The SMILES string of the molecule is Cc1nnc(SCc2ccc(C(N)=NO)cc2)o1. The molecule has 0 unspecified atom stereocenters. The molecule has 3 N–H and O–H groups in total. The van der Waals surface area contributed by atoms with Crippen molar-refractivity contribution in [3.05, 3.63) is 41.3 Å². The number of hydrogen-bond acceptors (Lipinski definition) is 6. The summed E-state index contributed by atoms with van der Waals surface area (Å²) in [6, 6.07) is 7.40. The topological polar surface area (TPSA) is 97.5 Å². The number of aryl methyl sites for hydroxylation is 1. The van der Waals surface area contributed by atoms with E-state index in [-0.39, 0.29) is 5.84 Å². The third-order valence-electron chi connectivity index (χ3n) is 2.23. The monoisotopic (exact) mass is 264 g/mol. The van der Waals surface area contributed by atoms with Gasteiger partial charge in [0.25, 0.3) is 5.22 Å². The lowest BCUT2D eigenvalue weighted by atomic mass is 10.1. The van der Waals surface area contributed by atoms with E-state index in [1.807, 2.05) is 12.1 Å². The number of oxime groups is 1. The highest BCUT2D eigenvalue weighted by atomic mass is 32.2. The van der Waals surface area contributed by atoms with Crippen LogP contribution in [0.5, 0.6) is 0 Å². The smallest absolute Gasteiger partial charge is 0.276 e. The van der Waals surface area contributed by atoms with E-state index in [0.717, 1.165) is 11.3 Å². The summed E-state index contributed by atoms with van der Waals surface area (Å²) >= 11 is 1.46. The van der Waals surface area contributed by atoms with Gasteiger partial charge in [-0.05, 0) is 5.56 Å². The van der Waals surface area contributed by atoms with Gasteiger partial charge < -0.3 is 15.4 Å². The highest BCUT2D eigenvalue weighted by molar-refractivity contribution is 7.98. The maximum absolute atomic E-state index is 8.54. The Bertz CT molecular complexity index is 550. The van der Waals surface area contributed by atoms with Crippen LogP contribution in [0, 0.1) is 6.92 Å². The molecule has 0 spiro atoms. The first-order valence-electron chi connectivity index (χ1n) is 5.19. The molecular weight excluding hydrogens is 252 g/mol. The first-order chi connectivity index (χ1) is 8.69. The summed E-state index contributed by atoms with van der Waals surface area (Å²) in [5.74, 6) is 1.37. The summed E-state index contributed by atoms with van der Waals surface area (Å²) in [5.41, 5.74) is 7.24. The molecule has 7 heteroatoms. The van der Waals surface area contributed by atoms with E-state index in [1.54, 1.807) is 19.1 Å². The van der Waals surface area contributed by atoms with Crippen molar-refractivity contribution in [2.45, 2.75) is 17.9 Å². The van der Waals surface area contributed by atoms with E-state index in [0.29, 0.717) is 16.7 Å². The minimum Gasteiger partial charge on any atom is -0.416 e. The molecular formula is C11H12N4O2S. The molecule has 0 aliphatic carbocycles. The van der Waals surface area contributed by atoms with E-state index in [9.17, 15) is 0 Å². The van der Waals surface area contributed by atoms with E-state index in [1.165, 1.54) is 11.8 Å². The standard InChI is InChI=1S/C11H12N4O2S/c1-7-13-14-11(17-7)18-6-8-2-4-9(5-3-8)10(12)15-16/h2-5,16H,6H2,1H3,(H2,12,15). The third kappa shape index (κ3) is 3.01. The van der Waals surface area contributed by atoms with Crippen LogP contribution in [0.15, 0.2) is 39.1 Å². The van der Waals surface area contributed by atoms with Crippen LogP contribution in [0.1, 0.15) is 17.0 Å². The van der Waals surface area contributed by atoms with Crippen LogP contribution in [0.2, 0.25) is 0 Å². The average Bonchev–Trinajstić information content (AvgIpc) is 2.82. The Hall–Kier alpha value is -2.02. The molecule has 1 aromatic heterocycles. The van der Waals surface area contributed by atoms with Crippen molar-refractivity contribution in [1.29, 1.82) is 0 Å². The summed E-state index contributed by atoms with van der Waals surface area (Å²) in [6.45, 7) is 1.75. The normalized spacial score (nSPS) is 11.7. The lowest BCUT2D eigenvalue weighted by molar-refractivity contribution is 0.318. The number of nitrogens with two attached hydrogens (primary N) is 1. The van der Waals surface area contributed by atoms with E-state index in [2.05, 4.69) is 15.4 Å². The van der Waals surface area contributed by atoms with Gasteiger partial charge in [-0.25, -0.2) is 0 Å². The molecule has 0 saturated carbocycles. The highest BCUT2D eigenvalue weighted by Crippen LogP contribution is 2.21. The van der Waals surface area contributed by atoms with Gasteiger partial charge in [-0.15, -0.1) is 10.2 Å². The van der Waals surface area contributed by atoms with Crippen LogP contribution >= 0.6 is 11.8 Å². The van der Waals surface area contributed by atoms with Crippen molar-refractivity contribution in [2.24, 2.45) is 10.9 Å². The van der Waals surface area contributed by atoms with Gasteiger partial charge >= 0.3 is 0 Å². The molecule has 94 valence electrons. The minimum absolute atomic E-state index is 0.0988. The Balaban J connectivity index is 1.98. The quantitative estimate of drug-likeness (QED) is 0.287. The van der Waals surface area contributed by atoms with Crippen LogP contribution < -0.4 is 5.73 Å². The molecule has 2 aromatic rings. The second kappa shape index (κ2) is 5.54. The maximum Gasteiger partial charge on any atom is 0.276 e. The summed E-state index contributed by atoms with van der Waals surface area (Å²) in [4.78, 5) is 0. The molecule has 1 heterocycles. The summed E-state index contributed by atoms with van der Waals surface area (Å²) < 4.78 is 5.25. The summed E-state index contributed by atoms with van der Waals surface area (Å²) in [6.07, 6.45) is 0. The van der Waals surface area contributed by atoms with Gasteiger partial charge in [0.15, 0.2) is 5.84 Å². The molecule has 0 radical (unpaired) electrons. The van der Waals surface area contributed by atoms with Crippen molar-refractivity contribution >= 4 is 17.6 Å². The molecule has 0 aliphatic heterocycles. The highest BCUT2D eigenvalue weighted by Gasteiger charge is 2.04. The fourth-order valence-electron chi connectivity index (χ4n) is 1.31. The fraction of sp³-hybridized carbons (Fsp3) is 0.182. The Morgan fingerprint density at radius 1 is 1.39 bits per heavy atom. The molecule has 0 fully saturated rings. The fourth-order valence-corrected chi connectivity index (χ4v) is 2.07. The predicted octanol–water partition coefficient (Wildman–Crippen LogP) is 1.76. The van der Waals surface area contributed by atoms with Crippen LogP contribution in [0.4, 0.5) is 0 Å². The molecule has 0 bridgehead atoms.